The summed E-state index contributed by atoms with van der Waals surface area (Å²) >= 11 is 0. The number of hydrogen-bond acceptors (Lipinski definition) is 3. The molecule has 2 aromatic rings. The molecule has 0 aromatic heterocycles. The van der Waals surface area contributed by atoms with Crippen molar-refractivity contribution in [3.05, 3.63) is 59.7 Å². The number of nitriles is 1. The van der Waals surface area contributed by atoms with Crippen molar-refractivity contribution in [1.29, 1.82) is 5.26 Å². The van der Waals surface area contributed by atoms with Crippen LogP contribution in [0, 0.1) is 11.3 Å². The molecule has 2 aromatic carbocycles. The summed E-state index contributed by atoms with van der Waals surface area (Å²) in [7, 11) is 0. The molecule has 21 heavy (non-hydrogen) atoms. The second-order valence-electron chi connectivity index (χ2n) is 5.28. The van der Waals surface area contributed by atoms with E-state index in [9.17, 15) is 5.11 Å². The van der Waals surface area contributed by atoms with E-state index in [0.29, 0.717) is 18.2 Å². The summed E-state index contributed by atoms with van der Waals surface area (Å²) in [6.45, 7) is 2.16. The average Bonchev–Trinajstić information content (AvgIpc) is 2.49. The van der Waals surface area contributed by atoms with Gasteiger partial charge in [0.05, 0.1) is 12.5 Å². The fraction of sp³-hybridized carbons (Fsp3) is 0.278. The molecule has 1 unspecified atom stereocenters. The molecule has 0 aliphatic rings. The molecule has 3 nitrogen and oxygen atoms in total. The highest BCUT2D eigenvalue weighted by Crippen LogP contribution is 2.15. The van der Waals surface area contributed by atoms with Gasteiger partial charge in [-0.3, -0.25) is 0 Å². The zero-order valence-electron chi connectivity index (χ0n) is 12.2. The number of nitrogens with zero attached hydrogens (tertiary/aromatic N) is 1. The van der Waals surface area contributed by atoms with Gasteiger partial charge in [0.2, 0.25) is 0 Å². The van der Waals surface area contributed by atoms with E-state index in [1.165, 1.54) is 5.56 Å². The number of nitrogens with one attached hydrogen (secondary N) is 1. The summed E-state index contributed by atoms with van der Waals surface area (Å²) in [5, 5.41) is 21.4. The normalized spacial score (nSPS) is 11.6. The van der Waals surface area contributed by atoms with E-state index in [-0.39, 0.29) is 0 Å². The maximum Gasteiger partial charge on any atom is 0.115 e. The van der Waals surface area contributed by atoms with Gasteiger partial charge in [0, 0.05) is 11.7 Å². The van der Waals surface area contributed by atoms with E-state index in [1.807, 2.05) is 36.4 Å². The van der Waals surface area contributed by atoms with E-state index in [4.69, 9.17) is 5.26 Å². The highest BCUT2D eigenvalue weighted by Gasteiger charge is 2.03. The molecule has 0 bridgehead atoms. The van der Waals surface area contributed by atoms with Gasteiger partial charge in [-0.15, -0.1) is 0 Å². The highest BCUT2D eigenvalue weighted by atomic mass is 16.3. The van der Waals surface area contributed by atoms with Gasteiger partial charge >= 0.3 is 0 Å². The molecule has 0 saturated carbocycles. The van der Waals surface area contributed by atoms with Crippen molar-refractivity contribution in [2.75, 3.05) is 5.32 Å². The number of aromatic hydroxyl groups is 1. The third-order valence-electron chi connectivity index (χ3n) is 3.45. The molecule has 3 heteroatoms. The molecule has 0 aliphatic carbocycles. The van der Waals surface area contributed by atoms with Gasteiger partial charge in [-0.25, -0.2) is 0 Å². The smallest absolute Gasteiger partial charge is 0.115 e. The maximum absolute atomic E-state index is 9.26. The summed E-state index contributed by atoms with van der Waals surface area (Å²) < 4.78 is 0. The lowest BCUT2D eigenvalue weighted by Gasteiger charge is -2.15. The van der Waals surface area contributed by atoms with Gasteiger partial charge in [-0.2, -0.15) is 5.26 Å². The van der Waals surface area contributed by atoms with Crippen molar-refractivity contribution in [1.82, 2.24) is 0 Å². The first-order chi connectivity index (χ1) is 10.2. The second-order valence-corrected chi connectivity index (χ2v) is 5.28. The van der Waals surface area contributed by atoms with E-state index in [2.05, 4.69) is 18.3 Å². The summed E-state index contributed by atoms with van der Waals surface area (Å²) in [5.74, 6) is 0.308. The number of aryl methyl sites for hydroxylation is 1. The Morgan fingerprint density at radius 2 is 1.67 bits per heavy atom. The van der Waals surface area contributed by atoms with Crippen molar-refractivity contribution >= 4 is 5.69 Å². The molecule has 108 valence electrons. The minimum absolute atomic E-state index is 0.308. The standard InChI is InChI=1S/C18H20N2O/c1-14(2-3-15-6-10-18(21)11-7-15)20-17-8-4-16(5-9-17)12-13-19/h4-11,14,20-21H,2-3,12H2,1H3. The Morgan fingerprint density at radius 3 is 2.29 bits per heavy atom. The van der Waals surface area contributed by atoms with Crippen LogP contribution in [0.4, 0.5) is 5.69 Å². The predicted molar refractivity (Wildman–Crippen MR) is 85.3 cm³/mol. The van der Waals surface area contributed by atoms with Crippen molar-refractivity contribution in [3.63, 3.8) is 0 Å². The highest BCUT2D eigenvalue weighted by molar-refractivity contribution is 5.45. The minimum atomic E-state index is 0.308. The third-order valence-corrected chi connectivity index (χ3v) is 3.45. The molecule has 0 saturated heterocycles. The lowest BCUT2D eigenvalue weighted by Crippen LogP contribution is -2.15. The Balaban J connectivity index is 1.82. The van der Waals surface area contributed by atoms with Crippen LogP contribution in [0.3, 0.4) is 0 Å². The molecule has 2 N–H and O–H groups in total. The predicted octanol–water partition coefficient (Wildman–Crippen LogP) is 3.89. The van der Waals surface area contributed by atoms with Gasteiger partial charge in [0.1, 0.15) is 5.75 Å². The number of phenols is 1. The van der Waals surface area contributed by atoms with Crippen molar-refractivity contribution in [2.45, 2.75) is 32.2 Å². The van der Waals surface area contributed by atoms with Gasteiger partial charge < -0.3 is 10.4 Å². The Labute approximate surface area is 125 Å². The van der Waals surface area contributed by atoms with Gasteiger partial charge in [0.25, 0.3) is 0 Å². The Morgan fingerprint density at radius 1 is 1.05 bits per heavy atom. The van der Waals surface area contributed by atoms with Crippen LogP contribution >= 0.6 is 0 Å². The fourth-order valence-corrected chi connectivity index (χ4v) is 2.21. The van der Waals surface area contributed by atoms with Crippen LogP contribution in [0.1, 0.15) is 24.5 Å². The van der Waals surface area contributed by atoms with E-state index in [1.54, 1.807) is 12.1 Å². The quantitative estimate of drug-likeness (QED) is 0.844. The van der Waals surface area contributed by atoms with Crippen LogP contribution in [-0.2, 0) is 12.8 Å². The van der Waals surface area contributed by atoms with Gasteiger partial charge in [-0.05, 0) is 55.2 Å². The first-order valence-corrected chi connectivity index (χ1v) is 7.17. The van der Waals surface area contributed by atoms with Crippen LogP contribution in [0.25, 0.3) is 0 Å². The molecule has 0 amide bonds. The van der Waals surface area contributed by atoms with Crippen LogP contribution in [0.15, 0.2) is 48.5 Å². The summed E-state index contributed by atoms with van der Waals surface area (Å²) in [4.78, 5) is 0. The molecular formula is C18H20N2O. The van der Waals surface area contributed by atoms with Crippen molar-refractivity contribution in [3.8, 4) is 11.8 Å². The van der Waals surface area contributed by atoms with Crippen LogP contribution in [0.2, 0.25) is 0 Å². The zero-order valence-corrected chi connectivity index (χ0v) is 12.2. The molecule has 2 rings (SSSR count). The van der Waals surface area contributed by atoms with Crippen LogP contribution in [0.5, 0.6) is 5.75 Å². The van der Waals surface area contributed by atoms with E-state index >= 15 is 0 Å². The topological polar surface area (TPSA) is 56.0 Å². The first kappa shape index (κ1) is 14.9. The number of hydrogen-bond donors (Lipinski definition) is 2. The largest absolute Gasteiger partial charge is 0.508 e. The Hall–Kier alpha value is -2.47. The molecule has 0 fully saturated rings. The fourth-order valence-electron chi connectivity index (χ4n) is 2.21. The first-order valence-electron chi connectivity index (χ1n) is 7.17. The number of anilines is 1. The molecule has 0 heterocycles. The van der Waals surface area contributed by atoms with Gasteiger partial charge in [-0.1, -0.05) is 24.3 Å². The SMILES string of the molecule is CC(CCc1ccc(O)cc1)Nc1ccc(CC#N)cc1. The lowest BCUT2D eigenvalue weighted by atomic mass is 10.1. The number of rotatable bonds is 6. The van der Waals surface area contributed by atoms with Crippen molar-refractivity contribution in [2.24, 2.45) is 0 Å². The van der Waals surface area contributed by atoms with E-state index < -0.39 is 0 Å². The third kappa shape index (κ3) is 4.85. The summed E-state index contributed by atoms with van der Waals surface area (Å²) in [6, 6.07) is 17.9. The molecule has 1 atom stereocenters. The minimum Gasteiger partial charge on any atom is -0.508 e. The maximum atomic E-state index is 9.26. The van der Waals surface area contributed by atoms with Gasteiger partial charge in [0.15, 0.2) is 0 Å². The Kier molecular flexibility index (Phi) is 5.22. The van der Waals surface area contributed by atoms with Crippen LogP contribution in [-0.4, -0.2) is 11.1 Å². The monoisotopic (exact) mass is 280 g/mol. The number of benzene rings is 2. The van der Waals surface area contributed by atoms with Crippen LogP contribution < -0.4 is 5.32 Å². The summed E-state index contributed by atoms with van der Waals surface area (Å²) in [6.07, 6.45) is 2.45. The zero-order chi connectivity index (χ0) is 15.1. The molecular weight excluding hydrogens is 260 g/mol. The Bertz CT molecular complexity index is 597. The molecule has 0 spiro atoms. The second kappa shape index (κ2) is 7.35. The average molecular weight is 280 g/mol. The molecule has 0 aliphatic heterocycles. The van der Waals surface area contributed by atoms with Crippen molar-refractivity contribution < 1.29 is 5.11 Å². The van der Waals surface area contributed by atoms with E-state index in [0.717, 1.165) is 24.1 Å². The lowest BCUT2D eigenvalue weighted by molar-refractivity contribution is 0.475. The molecule has 0 radical (unpaired) electrons. The summed E-state index contributed by atoms with van der Waals surface area (Å²) in [5.41, 5.74) is 3.35. The number of phenolic OH excluding ortho intramolecular Hbond substituents is 1.